The first-order chi connectivity index (χ1) is 21.8. The van der Waals surface area contributed by atoms with Crippen LogP contribution in [0.15, 0.2) is 158 Å². The number of benzene rings is 5. The third-order valence-electron chi connectivity index (χ3n) is 7.75. The van der Waals surface area contributed by atoms with Crippen LogP contribution in [0.1, 0.15) is 5.56 Å². The van der Waals surface area contributed by atoms with Crippen molar-refractivity contribution in [3.05, 3.63) is 176 Å². The number of aromatic nitrogens is 3. The molecule has 0 aliphatic rings. The average Bonchev–Trinajstić information content (AvgIpc) is 3.44. The molecule has 0 spiro atoms. The van der Waals surface area contributed by atoms with Gasteiger partial charge < -0.3 is 14.5 Å². The van der Waals surface area contributed by atoms with Gasteiger partial charge in [-0.1, -0.05) is 73.7 Å². The van der Waals surface area contributed by atoms with Crippen molar-refractivity contribution in [1.29, 1.82) is 0 Å². The van der Waals surface area contributed by atoms with E-state index in [-0.39, 0.29) is 20.1 Å². The Bertz CT molecular complexity index is 2170. The van der Waals surface area contributed by atoms with E-state index in [4.69, 9.17) is 0 Å². The van der Waals surface area contributed by atoms with Crippen LogP contribution < -0.4 is 0 Å². The first kappa shape index (κ1) is 29.9. The second-order valence-corrected chi connectivity index (χ2v) is 10.6. The molecule has 0 saturated carbocycles. The molecule has 0 N–H and O–H groups in total. The van der Waals surface area contributed by atoms with Crippen molar-refractivity contribution in [3.8, 4) is 39.3 Å². The first-order valence-electron chi connectivity index (χ1n) is 14.7. The normalized spacial score (nSPS) is 10.6. The van der Waals surface area contributed by atoms with Gasteiger partial charge in [0.1, 0.15) is 0 Å². The summed E-state index contributed by atoms with van der Waals surface area (Å²) in [6.45, 7) is 2.07. The molecule has 3 aromatic heterocycles. The number of hydrogen-bond acceptors (Lipinski definition) is 2. The minimum atomic E-state index is 0. The molecule has 3 nitrogen and oxygen atoms in total. The number of fused-ring (bicyclic) bond motifs is 3. The molecule has 0 saturated heterocycles. The van der Waals surface area contributed by atoms with E-state index in [0.29, 0.717) is 0 Å². The smallest absolute Gasteiger partial charge is 0.0541 e. The summed E-state index contributed by atoms with van der Waals surface area (Å²) in [4.78, 5) is 8.76. The molecule has 4 heteroatoms. The molecule has 0 atom stereocenters. The van der Waals surface area contributed by atoms with E-state index in [0.717, 1.165) is 28.1 Å². The van der Waals surface area contributed by atoms with Crippen LogP contribution in [0.4, 0.5) is 0 Å². The Morgan fingerprint density at radius 1 is 0.533 bits per heavy atom. The van der Waals surface area contributed by atoms with Gasteiger partial charge in [0.05, 0.1) is 11.0 Å². The zero-order valence-corrected chi connectivity index (χ0v) is 27.1. The van der Waals surface area contributed by atoms with Gasteiger partial charge in [0.25, 0.3) is 0 Å². The minimum Gasteiger partial charge on any atom is -0.309 e. The van der Waals surface area contributed by atoms with Gasteiger partial charge in [0, 0.05) is 49.0 Å². The summed E-state index contributed by atoms with van der Waals surface area (Å²) in [5, 5.41) is 2.51. The van der Waals surface area contributed by atoms with E-state index >= 15 is 0 Å². The summed E-state index contributed by atoms with van der Waals surface area (Å²) < 4.78 is 2.34. The second kappa shape index (κ2) is 13.7. The zero-order valence-electron chi connectivity index (χ0n) is 24.7. The van der Waals surface area contributed by atoms with Crippen molar-refractivity contribution >= 4 is 21.8 Å². The van der Waals surface area contributed by atoms with Gasteiger partial charge in [-0.3, -0.25) is 0 Å². The van der Waals surface area contributed by atoms with Crippen LogP contribution in [-0.4, -0.2) is 14.5 Å². The largest absolute Gasteiger partial charge is 0.309 e. The fourth-order valence-electron chi connectivity index (χ4n) is 5.63. The van der Waals surface area contributed by atoms with Crippen LogP contribution in [0.3, 0.4) is 0 Å². The van der Waals surface area contributed by atoms with Crippen molar-refractivity contribution in [2.75, 3.05) is 0 Å². The molecule has 0 amide bonds. The van der Waals surface area contributed by atoms with Crippen molar-refractivity contribution in [1.82, 2.24) is 14.5 Å². The molecule has 0 fully saturated rings. The molecule has 0 aliphatic carbocycles. The topological polar surface area (TPSA) is 30.7 Å². The fourth-order valence-corrected chi connectivity index (χ4v) is 5.63. The monoisotopic (exact) mass is 756 g/mol. The maximum Gasteiger partial charge on any atom is 0.0541 e. The Balaban J connectivity index is 0.000000215. The average molecular weight is 756 g/mol. The molecule has 5 aromatic carbocycles. The zero-order chi connectivity index (χ0) is 29.7. The number of nitrogens with zero attached hydrogens (tertiary/aromatic N) is 3. The van der Waals surface area contributed by atoms with E-state index in [1.54, 1.807) is 6.20 Å². The summed E-state index contributed by atoms with van der Waals surface area (Å²) in [5.74, 6) is 0. The molecule has 8 rings (SSSR count). The van der Waals surface area contributed by atoms with Crippen molar-refractivity contribution in [2.24, 2.45) is 0 Å². The van der Waals surface area contributed by atoms with Gasteiger partial charge in [-0.2, -0.15) is 0 Å². The number of pyridine rings is 2. The summed E-state index contributed by atoms with van der Waals surface area (Å²) in [5.41, 5.74) is 11.2. The fraction of sp³-hybridized carbons (Fsp3) is 0.0244. The predicted molar refractivity (Wildman–Crippen MR) is 182 cm³/mol. The van der Waals surface area contributed by atoms with E-state index in [1.165, 1.54) is 38.6 Å². The molecule has 45 heavy (non-hydrogen) atoms. The van der Waals surface area contributed by atoms with Crippen LogP contribution in [0.2, 0.25) is 0 Å². The number of hydrogen-bond donors (Lipinski definition) is 0. The predicted octanol–water partition coefficient (Wildman–Crippen LogP) is 10.2. The SMILES string of the molecule is Cc1ccc[c-]c1-c1ccccn1.[Ir].[c-]1ccc(-c2ccc3c(c2)c2ccccc2n3-c2ccccc2)cc1-c1ccccn1. The Kier molecular flexibility index (Phi) is 9.07. The molecule has 0 unspecified atom stereocenters. The number of rotatable bonds is 4. The van der Waals surface area contributed by atoms with Gasteiger partial charge >= 0.3 is 0 Å². The quantitative estimate of drug-likeness (QED) is 0.168. The molecule has 0 bridgehead atoms. The molecule has 1 radical (unpaired) electrons. The summed E-state index contributed by atoms with van der Waals surface area (Å²) in [6.07, 6.45) is 3.62. The van der Waals surface area contributed by atoms with Crippen molar-refractivity contribution in [3.63, 3.8) is 0 Å². The Labute approximate surface area is 277 Å². The van der Waals surface area contributed by atoms with Gasteiger partial charge in [-0.25, -0.2) is 0 Å². The minimum absolute atomic E-state index is 0. The Morgan fingerprint density at radius 2 is 1.22 bits per heavy atom. The molecule has 3 heterocycles. The van der Waals surface area contributed by atoms with Gasteiger partial charge in [-0.15, -0.1) is 70.8 Å². The maximum atomic E-state index is 4.48. The van der Waals surface area contributed by atoms with Crippen LogP contribution in [0.25, 0.3) is 61.1 Å². The molecule has 8 aromatic rings. The van der Waals surface area contributed by atoms with Crippen LogP contribution >= 0.6 is 0 Å². The number of para-hydroxylation sites is 2. The molecular weight excluding hydrogens is 727 g/mol. The van der Waals surface area contributed by atoms with Crippen LogP contribution in [0.5, 0.6) is 0 Å². The van der Waals surface area contributed by atoms with E-state index < -0.39 is 0 Å². The van der Waals surface area contributed by atoms with Crippen molar-refractivity contribution in [2.45, 2.75) is 6.92 Å². The number of aryl methyl sites for hydroxylation is 1. The van der Waals surface area contributed by atoms with Gasteiger partial charge in [0.2, 0.25) is 0 Å². The molecule has 0 aliphatic heterocycles. The van der Waals surface area contributed by atoms with Crippen LogP contribution in [0, 0.1) is 19.1 Å². The third kappa shape index (κ3) is 6.25. The van der Waals surface area contributed by atoms with Gasteiger partial charge in [-0.05, 0) is 59.4 Å². The molecule has 219 valence electrons. The van der Waals surface area contributed by atoms with E-state index in [9.17, 15) is 0 Å². The maximum absolute atomic E-state index is 4.48. The Morgan fingerprint density at radius 3 is 1.98 bits per heavy atom. The summed E-state index contributed by atoms with van der Waals surface area (Å²) in [7, 11) is 0. The second-order valence-electron chi connectivity index (χ2n) is 10.6. The summed E-state index contributed by atoms with van der Waals surface area (Å²) >= 11 is 0. The standard InChI is InChI=1S/C29H19N2.C12H10N.Ir/c1-2-11-24(12-3-1)31-28-15-5-4-13-25(28)26-20-22(16-17-29(26)31)21-9-8-10-23(19-21)27-14-6-7-18-30-27;1-10-6-2-3-7-11(10)12-8-4-5-9-13-12;/h1-9,11-20H;2-6,8-9H,1H3;/q2*-1;. The summed E-state index contributed by atoms with van der Waals surface area (Å²) in [6, 6.07) is 56.5. The first-order valence-corrected chi connectivity index (χ1v) is 14.7. The van der Waals surface area contributed by atoms with Crippen LogP contribution in [-0.2, 0) is 20.1 Å². The van der Waals surface area contributed by atoms with Gasteiger partial charge in [0.15, 0.2) is 0 Å². The third-order valence-corrected chi connectivity index (χ3v) is 7.75. The van der Waals surface area contributed by atoms with Crippen molar-refractivity contribution < 1.29 is 20.1 Å². The molecular formula is C41H29IrN3-2. The van der Waals surface area contributed by atoms with E-state index in [2.05, 4.69) is 125 Å². The van der Waals surface area contributed by atoms with E-state index in [1.807, 2.05) is 60.8 Å². The Hall–Kier alpha value is -5.15.